The minimum atomic E-state index is 0. The molecule has 5 nitrogen and oxygen atoms in total. The van der Waals surface area contributed by atoms with Gasteiger partial charge in [-0.05, 0) is 44.7 Å². The van der Waals surface area contributed by atoms with Crippen LogP contribution in [0.2, 0.25) is 0 Å². The number of nitrogens with zero attached hydrogens (tertiary/aromatic N) is 1. The SMILES string of the molecule is Cc1cc(CNC(=O)CC(C)C2CCNCC2)on1.Cl. The van der Waals surface area contributed by atoms with Gasteiger partial charge >= 0.3 is 0 Å². The molecular weight excluding hydrogens is 278 g/mol. The molecule has 1 saturated heterocycles. The van der Waals surface area contributed by atoms with E-state index in [4.69, 9.17) is 4.52 Å². The molecule has 0 aromatic carbocycles. The Morgan fingerprint density at radius 2 is 2.25 bits per heavy atom. The van der Waals surface area contributed by atoms with E-state index in [0.29, 0.717) is 30.6 Å². The van der Waals surface area contributed by atoms with Crippen molar-refractivity contribution in [3.8, 4) is 0 Å². The molecule has 1 atom stereocenters. The van der Waals surface area contributed by atoms with Gasteiger partial charge in [-0.2, -0.15) is 0 Å². The molecule has 0 radical (unpaired) electrons. The zero-order valence-corrected chi connectivity index (χ0v) is 13.0. The first kappa shape index (κ1) is 17.0. The summed E-state index contributed by atoms with van der Waals surface area (Å²) in [6.07, 6.45) is 2.95. The molecule has 114 valence electrons. The monoisotopic (exact) mass is 301 g/mol. The van der Waals surface area contributed by atoms with Crippen molar-refractivity contribution in [1.29, 1.82) is 0 Å². The molecule has 1 aliphatic rings. The summed E-state index contributed by atoms with van der Waals surface area (Å²) in [4.78, 5) is 11.9. The molecule has 0 spiro atoms. The average Bonchev–Trinajstić information content (AvgIpc) is 2.83. The summed E-state index contributed by atoms with van der Waals surface area (Å²) in [6, 6.07) is 1.84. The summed E-state index contributed by atoms with van der Waals surface area (Å²) in [7, 11) is 0. The molecule has 2 N–H and O–H groups in total. The van der Waals surface area contributed by atoms with Crippen LogP contribution in [0.25, 0.3) is 0 Å². The molecule has 20 heavy (non-hydrogen) atoms. The number of hydrogen-bond donors (Lipinski definition) is 2. The van der Waals surface area contributed by atoms with Crippen LogP contribution < -0.4 is 10.6 Å². The number of piperidine rings is 1. The van der Waals surface area contributed by atoms with Crippen molar-refractivity contribution in [2.45, 2.75) is 39.7 Å². The number of aromatic nitrogens is 1. The first-order valence-corrected chi connectivity index (χ1v) is 7.04. The highest BCUT2D eigenvalue weighted by Gasteiger charge is 2.21. The molecular formula is C14H24ClN3O2. The second kappa shape index (κ2) is 8.27. The van der Waals surface area contributed by atoms with E-state index in [-0.39, 0.29) is 18.3 Å². The van der Waals surface area contributed by atoms with Crippen LogP contribution in [-0.2, 0) is 11.3 Å². The molecule has 1 aliphatic heterocycles. The topological polar surface area (TPSA) is 67.2 Å². The molecule has 1 aromatic heterocycles. The third-order valence-electron chi connectivity index (χ3n) is 3.83. The van der Waals surface area contributed by atoms with Crippen LogP contribution in [-0.4, -0.2) is 24.2 Å². The number of carbonyl (C=O) groups excluding carboxylic acids is 1. The highest BCUT2D eigenvalue weighted by molar-refractivity contribution is 5.85. The Hall–Kier alpha value is -1.07. The molecule has 0 bridgehead atoms. The lowest BCUT2D eigenvalue weighted by Gasteiger charge is -2.27. The molecule has 1 aromatic rings. The Morgan fingerprint density at radius 3 is 2.85 bits per heavy atom. The summed E-state index contributed by atoms with van der Waals surface area (Å²) in [5, 5.41) is 10.0. The van der Waals surface area contributed by atoms with Gasteiger partial charge < -0.3 is 15.2 Å². The maximum absolute atomic E-state index is 11.9. The lowest BCUT2D eigenvalue weighted by Crippen LogP contribution is -2.33. The Labute approximate surface area is 126 Å². The van der Waals surface area contributed by atoms with Crippen LogP contribution in [0.3, 0.4) is 0 Å². The zero-order chi connectivity index (χ0) is 13.7. The predicted molar refractivity (Wildman–Crippen MR) is 79.7 cm³/mol. The van der Waals surface area contributed by atoms with Crippen molar-refractivity contribution < 1.29 is 9.32 Å². The van der Waals surface area contributed by atoms with E-state index in [1.807, 2.05) is 13.0 Å². The lowest BCUT2D eigenvalue weighted by molar-refractivity contribution is -0.122. The summed E-state index contributed by atoms with van der Waals surface area (Å²) in [6.45, 7) is 6.63. The Balaban J connectivity index is 0.00000200. The van der Waals surface area contributed by atoms with Gasteiger partial charge in [-0.3, -0.25) is 4.79 Å². The number of halogens is 1. The third kappa shape index (κ3) is 5.13. The number of carbonyl (C=O) groups is 1. The third-order valence-corrected chi connectivity index (χ3v) is 3.83. The molecule has 0 saturated carbocycles. The van der Waals surface area contributed by atoms with Gasteiger partial charge in [0, 0.05) is 12.5 Å². The first-order chi connectivity index (χ1) is 9.15. The largest absolute Gasteiger partial charge is 0.359 e. The van der Waals surface area contributed by atoms with E-state index < -0.39 is 0 Å². The fraction of sp³-hybridized carbons (Fsp3) is 0.714. The second-order valence-corrected chi connectivity index (χ2v) is 5.48. The number of amides is 1. The van der Waals surface area contributed by atoms with Gasteiger partial charge in [0.15, 0.2) is 5.76 Å². The highest BCUT2D eigenvalue weighted by Crippen LogP contribution is 2.24. The summed E-state index contributed by atoms with van der Waals surface area (Å²) in [5.74, 6) is 1.92. The van der Waals surface area contributed by atoms with E-state index in [9.17, 15) is 4.79 Å². The standard InChI is InChI=1S/C14H23N3O2.ClH/c1-10(12-3-5-15-6-4-12)7-14(18)16-9-13-8-11(2)17-19-13;/h8,10,12,15H,3-7,9H2,1-2H3,(H,16,18);1H. The lowest BCUT2D eigenvalue weighted by atomic mass is 9.84. The van der Waals surface area contributed by atoms with Gasteiger partial charge in [0.25, 0.3) is 0 Å². The van der Waals surface area contributed by atoms with Crippen LogP contribution in [0, 0.1) is 18.8 Å². The maximum Gasteiger partial charge on any atom is 0.220 e. The number of nitrogens with one attached hydrogen (secondary N) is 2. The van der Waals surface area contributed by atoms with Gasteiger partial charge in [0.05, 0.1) is 12.2 Å². The number of rotatable bonds is 5. The highest BCUT2D eigenvalue weighted by atomic mass is 35.5. The van der Waals surface area contributed by atoms with Gasteiger partial charge in [-0.15, -0.1) is 12.4 Å². The van der Waals surface area contributed by atoms with E-state index in [2.05, 4.69) is 22.7 Å². The minimum absolute atomic E-state index is 0. The molecule has 1 amide bonds. The van der Waals surface area contributed by atoms with Crippen molar-refractivity contribution in [2.75, 3.05) is 13.1 Å². The Morgan fingerprint density at radius 1 is 1.55 bits per heavy atom. The molecule has 1 unspecified atom stereocenters. The summed E-state index contributed by atoms with van der Waals surface area (Å²) < 4.78 is 5.06. The number of hydrogen-bond acceptors (Lipinski definition) is 4. The fourth-order valence-corrected chi connectivity index (χ4v) is 2.63. The normalized spacial score (nSPS) is 17.3. The van der Waals surface area contributed by atoms with Crippen LogP contribution in [0.4, 0.5) is 0 Å². The van der Waals surface area contributed by atoms with E-state index >= 15 is 0 Å². The van der Waals surface area contributed by atoms with Crippen molar-refractivity contribution in [1.82, 2.24) is 15.8 Å². The first-order valence-electron chi connectivity index (χ1n) is 7.04. The van der Waals surface area contributed by atoms with E-state index in [1.165, 1.54) is 12.8 Å². The quantitative estimate of drug-likeness (QED) is 0.873. The van der Waals surface area contributed by atoms with Crippen molar-refractivity contribution in [2.24, 2.45) is 11.8 Å². The van der Waals surface area contributed by atoms with Crippen LogP contribution in [0.5, 0.6) is 0 Å². The molecule has 0 aliphatic carbocycles. The fourth-order valence-electron chi connectivity index (χ4n) is 2.63. The van der Waals surface area contributed by atoms with Gasteiger partial charge in [0.1, 0.15) is 0 Å². The van der Waals surface area contributed by atoms with Crippen molar-refractivity contribution >= 4 is 18.3 Å². The minimum Gasteiger partial charge on any atom is -0.359 e. The summed E-state index contributed by atoms with van der Waals surface area (Å²) >= 11 is 0. The van der Waals surface area contributed by atoms with Crippen LogP contribution >= 0.6 is 12.4 Å². The molecule has 6 heteroatoms. The molecule has 2 heterocycles. The molecule has 1 fully saturated rings. The smallest absolute Gasteiger partial charge is 0.220 e. The van der Waals surface area contributed by atoms with Crippen molar-refractivity contribution in [3.63, 3.8) is 0 Å². The Bertz CT molecular complexity index is 416. The van der Waals surface area contributed by atoms with Gasteiger partial charge in [-0.1, -0.05) is 12.1 Å². The van der Waals surface area contributed by atoms with Crippen LogP contribution in [0.15, 0.2) is 10.6 Å². The van der Waals surface area contributed by atoms with Crippen molar-refractivity contribution in [3.05, 3.63) is 17.5 Å². The number of aryl methyl sites for hydroxylation is 1. The molecule has 2 rings (SSSR count). The van der Waals surface area contributed by atoms with Crippen LogP contribution in [0.1, 0.15) is 37.6 Å². The maximum atomic E-state index is 11.9. The van der Waals surface area contributed by atoms with E-state index in [1.54, 1.807) is 0 Å². The second-order valence-electron chi connectivity index (χ2n) is 5.48. The van der Waals surface area contributed by atoms with Gasteiger partial charge in [-0.25, -0.2) is 0 Å². The van der Waals surface area contributed by atoms with Gasteiger partial charge in [0.2, 0.25) is 5.91 Å². The average molecular weight is 302 g/mol. The predicted octanol–water partition coefficient (Wildman–Crippen LogP) is 2.05. The summed E-state index contributed by atoms with van der Waals surface area (Å²) in [5.41, 5.74) is 0.840. The Kier molecular flexibility index (Phi) is 7.02. The zero-order valence-electron chi connectivity index (χ0n) is 12.1. The van der Waals surface area contributed by atoms with E-state index in [0.717, 1.165) is 18.8 Å².